The lowest BCUT2D eigenvalue weighted by molar-refractivity contribution is 0.0531. The highest BCUT2D eigenvalue weighted by atomic mass is 127. The molecule has 1 fully saturated rings. The molecule has 0 aromatic heterocycles. The molecule has 0 aliphatic carbocycles. The van der Waals surface area contributed by atoms with Crippen LogP contribution in [0.4, 0.5) is 0 Å². The van der Waals surface area contributed by atoms with E-state index in [0.717, 1.165) is 45.1 Å². The van der Waals surface area contributed by atoms with Gasteiger partial charge in [0, 0.05) is 31.2 Å². The molecule has 2 N–H and O–H groups in total. The van der Waals surface area contributed by atoms with E-state index in [1.807, 2.05) is 0 Å². The molecule has 0 bridgehead atoms. The van der Waals surface area contributed by atoms with E-state index in [4.69, 9.17) is 9.73 Å². The van der Waals surface area contributed by atoms with Gasteiger partial charge >= 0.3 is 0 Å². The van der Waals surface area contributed by atoms with Crippen LogP contribution in [0.25, 0.3) is 0 Å². The van der Waals surface area contributed by atoms with E-state index >= 15 is 0 Å². The maximum atomic E-state index is 5.62. The first-order valence-corrected chi connectivity index (χ1v) is 9.25. The summed E-state index contributed by atoms with van der Waals surface area (Å²) in [6, 6.07) is 11.2. The molecule has 1 unspecified atom stereocenters. The Labute approximate surface area is 170 Å². The maximum Gasteiger partial charge on any atom is 0.191 e. The Morgan fingerprint density at radius 3 is 2.36 bits per heavy atom. The van der Waals surface area contributed by atoms with Gasteiger partial charge in [-0.15, -0.1) is 24.0 Å². The lowest BCUT2D eigenvalue weighted by Gasteiger charge is -2.36. The van der Waals surface area contributed by atoms with E-state index in [1.165, 1.54) is 5.56 Å². The zero-order chi connectivity index (χ0) is 17.4. The number of nitrogens with zero attached hydrogens (tertiary/aromatic N) is 1. The molecule has 1 heterocycles. The molecule has 1 aromatic rings. The standard InChI is InChI=1S/C20H33N3O.HI/c1-5-21-19(23-17(4)16(2)3)22-15-20(11-13-24-14-12-20)18-9-7-6-8-10-18;/h6-10,16-17H,5,11-15H2,1-4H3,(H2,21,22,23);1H. The summed E-state index contributed by atoms with van der Waals surface area (Å²) in [5.41, 5.74) is 1.47. The van der Waals surface area contributed by atoms with Crippen LogP contribution < -0.4 is 10.6 Å². The lowest BCUT2D eigenvalue weighted by Crippen LogP contribution is -2.45. The minimum Gasteiger partial charge on any atom is -0.381 e. The van der Waals surface area contributed by atoms with Crippen molar-refractivity contribution in [1.29, 1.82) is 0 Å². The number of aliphatic imine (C=N–C) groups is 1. The third-order valence-electron chi connectivity index (χ3n) is 5.08. The third-order valence-corrected chi connectivity index (χ3v) is 5.08. The summed E-state index contributed by atoms with van der Waals surface area (Å²) in [7, 11) is 0. The molecule has 1 atom stereocenters. The monoisotopic (exact) mass is 459 g/mol. The summed E-state index contributed by atoms with van der Waals surface area (Å²) in [5, 5.41) is 6.92. The number of ether oxygens (including phenoxy) is 1. The molecule has 25 heavy (non-hydrogen) atoms. The van der Waals surface area contributed by atoms with Gasteiger partial charge in [-0.1, -0.05) is 44.2 Å². The van der Waals surface area contributed by atoms with Crippen LogP contribution in [0.5, 0.6) is 0 Å². The summed E-state index contributed by atoms with van der Waals surface area (Å²) in [5.74, 6) is 1.49. The van der Waals surface area contributed by atoms with Gasteiger partial charge in [0.2, 0.25) is 0 Å². The van der Waals surface area contributed by atoms with Gasteiger partial charge in [-0.25, -0.2) is 0 Å². The van der Waals surface area contributed by atoms with Crippen LogP contribution in [0.1, 0.15) is 46.1 Å². The van der Waals surface area contributed by atoms with E-state index < -0.39 is 0 Å². The average Bonchev–Trinajstić information content (AvgIpc) is 2.61. The highest BCUT2D eigenvalue weighted by Crippen LogP contribution is 2.35. The molecule has 4 nitrogen and oxygen atoms in total. The zero-order valence-electron chi connectivity index (χ0n) is 16.0. The molecule has 0 amide bonds. The second-order valence-electron chi connectivity index (χ2n) is 7.13. The number of nitrogens with one attached hydrogen (secondary N) is 2. The van der Waals surface area contributed by atoms with Crippen molar-refractivity contribution in [3.05, 3.63) is 35.9 Å². The summed E-state index contributed by atoms with van der Waals surface area (Å²) >= 11 is 0. The van der Waals surface area contributed by atoms with Gasteiger partial charge in [0.15, 0.2) is 5.96 Å². The second-order valence-corrected chi connectivity index (χ2v) is 7.13. The highest BCUT2D eigenvalue weighted by molar-refractivity contribution is 14.0. The normalized spacial score (nSPS) is 18.4. The van der Waals surface area contributed by atoms with E-state index in [0.29, 0.717) is 12.0 Å². The average molecular weight is 459 g/mol. The first kappa shape index (κ1) is 22.2. The van der Waals surface area contributed by atoms with E-state index in [-0.39, 0.29) is 29.4 Å². The summed E-state index contributed by atoms with van der Waals surface area (Å²) in [4.78, 5) is 4.95. The van der Waals surface area contributed by atoms with Gasteiger partial charge in [0.05, 0.1) is 6.54 Å². The molecule has 5 heteroatoms. The molecular formula is C20H34IN3O. The molecule has 1 aliphatic rings. The van der Waals surface area contributed by atoms with Crippen molar-refractivity contribution in [2.45, 2.75) is 52.0 Å². The first-order chi connectivity index (χ1) is 11.6. The quantitative estimate of drug-likeness (QED) is 0.385. The number of hydrogen-bond donors (Lipinski definition) is 2. The highest BCUT2D eigenvalue weighted by Gasteiger charge is 2.34. The van der Waals surface area contributed by atoms with Gasteiger partial charge in [-0.2, -0.15) is 0 Å². The Hall–Kier alpha value is -0.820. The van der Waals surface area contributed by atoms with Crippen LogP contribution in [0, 0.1) is 5.92 Å². The predicted octanol–water partition coefficient (Wildman–Crippen LogP) is 3.95. The molecule has 1 aliphatic heterocycles. The summed E-state index contributed by atoms with van der Waals surface area (Å²) in [6.07, 6.45) is 2.05. The Bertz CT molecular complexity index is 513. The van der Waals surface area contributed by atoms with Gasteiger partial charge in [-0.3, -0.25) is 4.99 Å². The SMILES string of the molecule is CCNC(=NCC1(c2ccccc2)CCOCC1)NC(C)C(C)C.I. The number of halogens is 1. The predicted molar refractivity (Wildman–Crippen MR) is 117 cm³/mol. The van der Waals surface area contributed by atoms with Crippen molar-refractivity contribution in [1.82, 2.24) is 10.6 Å². The van der Waals surface area contributed by atoms with Crippen molar-refractivity contribution in [3.63, 3.8) is 0 Å². The fraction of sp³-hybridized carbons (Fsp3) is 0.650. The van der Waals surface area contributed by atoms with E-state index in [9.17, 15) is 0 Å². The Morgan fingerprint density at radius 2 is 1.80 bits per heavy atom. The van der Waals surface area contributed by atoms with Crippen LogP contribution >= 0.6 is 24.0 Å². The maximum absolute atomic E-state index is 5.62. The first-order valence-electron chi connectivity index (χ1n) is 9.25. The van der Waals surface area contributed by atoms with Gasteiger partial charge < -0.3 is 15.4 Å². The van der Waals surface area contributed by atoms with Crippen molar-refractivity contribution in [2.24, 2.45) is 10.9 Å². The van der Waals surface area contributed by atoms with E-state index in [1.54, 1.807) is 0 Å². The fourth-order valence-corrected chi connectivity index (χ4v) is 3.02. The molecule has 2 rings (SSSR count). The lowest BCUT2D eigenvalue weighted by atomic mass is 9.74. The molecule has 1 saturated heterocycles. The Kier molecular flexibility index (Phi) is 9.79. The largest absolute Gasteiger partial charge is 0.381 e. The van der Waals surface area contributed by atoms with Gasteiger partial charge in [0.1, 0.15) is 0 Å². The zero-order valence-corrected chi connectivity index (χ0v) is 18.4. The smallest absolute Gasteiger partial charge is 0.191 e. The summed E-state index contributed by atoms with van der Waals surface area (Å²) < 4.78 is 5.62. The Balaban J connectivity index is 0.00000312. The summed E-state index contributed by atoms with van der Waals surface area (Å²) in [6.45, 7) is 12.1. The van der Waals surface area contributed by atoms with Crippen LogP contribution in [-0.4, -0.2) is 38.3 Å². The van der Waals surface area contributed by atoms with Crippen LogP contribution in [0.15, 0.2) is 35.3 Å². The molecule has 0 saturated carbocycles. The van der Waals surface area contributed by atoms with Crippen LogP contribution in [0.3, 0.4) is 0 Å². The van der Waals surface area contributed by atoms with Gasteiger partial charge in [0.25, 0.3) is 0 Å². The van der Waals surface area contributed by atoms with Crippen LogP contribution in [0.2, 0.25) is 0 Å². The van der Waals surface area contributed by atoms with Crippen molar-refractivity contribution in [2.75, 3.05) is 26.3 Å². The molecule has 1 aromatic carbocycles. The third kappa shape index (κ3) is 6.44. The van der Waals surface area contributed by atoms with Crippen molar-refractivity contribution < 1.29 is 4.74 Å². The van der Waals surface area contributed by atoms with Crippen molar-refractivity contribution in [3.8, 4) is 0 Å². The number of guanidine groups is 1. The molecular weight excluding hydrogens is 425 g/mol. The second kappa shape index (κ2) is 11.0. The molecule has 0 spiro atoms. The van der Waals surface area contributed by atoms with Gasteiger partial charge in [-0.05, 0) is 38.2 Å². The topological polar surface area (TPSA) is 45.7 Å². The minimum atomic E-state index is 0. The minimum absolute atomic E-state index is 0. The van der Waals surface area contributed by atoms with Crippen LogP contribution in [-0.2, 0) is 10.2 Å². The molecule has 0 radical (unpaired) electrons. The number of benzene rings is 1. The fourth-order valence-electron chi connectivity index (χ4n) is 3.02. The van der Waals surface area contributed by atoms with Crippen molar-refractivity contribution >= 4 is 29.9 Å². The number of rotatable bonds is 6. The Morgan fingerprint density at radius 1 is 1.16 bits per heavy atom. The number of hydrogen-bond acceptors (Lipinski definition) is 2. The molecule has 142 valence electrons. The van der Waals surface area contributed by atoms with E-state index in [2.05, 4.69) is 68.7 Å².